The molecule has 0 saturated heterocycles. The molecule has 4 nitrogen and oxygen atoms in total. The molecular formula is C13H15Br2ClN4. The number of nitrogens with zero attached hydrogens (tertiary/aromatic N) is 2. The second kappa shape index (κ2) is 7.04. The fraction of sp³-hybridized carbons (Fsp3) is 0.308. The van der Waals surface area contributed by atoms with Crippen LogP contribution in [0, 0.1) is 0 Å². The number of hydrogen-bond donors (Lipinski definition) is 2. The number of halogens is 3. The zero-order valence-electron chi connectivity index (χ0n) is 10.9. The lowest BCUT2D eigenvalue weighted by molar-refractivity contribution is 0.519. The van der Waals surface area contributed by atoms with E-state index in [1.807, 2.05) is 22.9 Å². The van der Waals surface area contributed by atoms with Crippen LogP contribution in [-0.4, -0.2) is 9.78 Å². The monoisotopic (exact) mass is 420 g/mol. The lowest BCUT2D eigenvalue weighted by Crippen LogP contribution is -2.31. The summed E-state index contributed by atoms with van der Waals surface area (Å²) < 4.78 is 3.73. The van der Waals surface area contributed by atoms with E-state index in [0.29, 0.717) is 5.02 Å². The maximum atomic E-state index is 6.17. The van der Waals surface area contributed by atoms with Gasteiger partial charge in [-0.15, -0.1) is 0 Å². The van der Waals surface area contributed by atoms with Gasteiger partial charge in [0.1, 0.15) is 0 Å². The molecule has 20 heavy (non-hydrogen) atoms. The van der Waals surface area contributed by atoms with E-state index in [9.17, 15) is 0 Å². The van der Waals surface area contributed by atoms with Crippen LogP contribution in [0.5, 0.6) is 0 Å². The molecule has 1 heterocycles. The van der Waals surface area contributed by atoms with Crippen molar-refractivity contribution in [1.82, 2.24) is 15.2 Å². The van der Waals surface area contributed by atoms with Gasteiger partial charge in [-0.25, -0.2) is 5.43 Å². The second-order valence-corrected chi connectivity index (χ2v) is 6.49. The van der Waals surface area contributed by atoms with Gasteiger partial charge in [0.05, 0.1) is 27.4 Å². The van der Waals surface area contributed by atoms with Crippen LogP contribution in [0.4, 0.5) is 0 Å². The summed E-state index contributed by atoms with van der Waals surface area (Å²) in [4.78, 5) is 0. The van der Waals surface area contributed by atoms with Crippen LogP contribution in [0.2, 0.25) is 5.02 Å². The van der Waals surface area contributed by atoms with Crippen LogP contribution in [0.25, 0.3) is 0 Å². The van der Waals surface area contributed by atoms with Crippen molar-refractivity contribution in [3.63, 3.8) is 0 Å². The smallest absolute Gasteiger partial charge is 0.0890 e. The standard InChI is InChI=1S/C13H15Br2ClN4/c1-2-5-20-13(10(15)7-18-20)12(19-17)8-3-4-9(14)11(16)6-8/h3-4,6-7,12,19H,2,5,17H2,1H3. The highest BCUT2D eigenvalue weighted by atomic mass is 79.9. The maximum Gasteiger partial charge on any atom is 0.0890 e. The predicted octanol–water partition coefficient (Wildman–Crippen LogP) is 4.02. The van der Waals surface area contributed by atoms with Gasteiger partial charge in [0.25, 0.3) is 0 Å². The molecule has 1 aromatic heterocycles. The van der Waals surface area contributed by atoms with Gasteiger partial charge in [-0.3, -0.25) is 10.5 Å². The van der Waals surface area contributed by atoms with Crippen LogP contribution in [-0.2, 0) is 6.54 Å². The van der Waals surface area contributed by atoms with Crippen LogP contribution in [0.15, 0.2) is 33.3 Å². The van der Waals surface area contributed by atoms with Crippen molar-refractivity contribution in [3.05, 3.63) is 49.6 Å². The van der Waals surface area contributed by atoms with Crippen molar-refractivity contribution in [2.24, 2.45) is 5.84 Å². The highest BCUT2D eigenvalue weighted by Gasteiger charge is 2.21. The van der Waals surface area contributed by atoms with Crippen molar-refractivity contribution in [2.45, 2.75) is 25.9 Å². The SMILES string of the molecule is CCCn1ncc(Br)c1C(NN)c1ccc(Br)c(Cl)c1. The molecule has 2 aromatic rings. The molecule has 1 aromatic carbocycles. The summed E-state index contributed by atoms with van der Waals surface area (Å²) in [6, 6.07) is 5.61. The number of nitrogens with two attached hydrogens (primary N) is 1. The Morgan fingerprint density at radius 3 is 2.75 bits per heavy atom. The highest BCUT2D eigenvalue weighted by Crippen LogP contribution is 2.32. The minimum atomic E-state index is -0.177. The number of benzene rings is 1. The summed E-state index contributed by atoms with van der Waals surface area (Å²) in [7, 11) is 0. The predicted molar refractivity (Wildman–Crippen MR) is 88.5 cm³/mol. The van der Waals surface area contributed by atoms with Gasteiger partial charge in [-0.05, 0) is 56.0 Å². The van der Waals surface area contributed by atoms with Gasteiger partial charge >= 0.3 is 0 Å². The molecule has 0 amide bonds. The molecule has 3 N–H and O–H groups in total. The summed E-state index contributed by atoms with van der Waals surface area (Å²) in [5, 5.41) is 5.02. The molecule has 1 unspecified atom stereocenters. The summed E-state index contributed by atoms with van der Waals surface area (Å²) in [6.07, 6.45) is 2.79. The summed E-state index contributed by atoms with van der Waals surface area (Å²) >= 11 is 13.1. The summed E-state index contributed by atoms with van der Waals surface area (Å²) in [5.41, 5.74) is 4.82. The van der Waals surface area contributed by atoms with Gasteiger partial charge in [-0.1, -0.05) is 24.6 Å². The first kappa shape index (κ1) is 16.0. The van der Waals surface area contributed by atoms with E-state index in [1.54, 1.807) is 6.20 Å². The van der Waals surface area contributed by atoms with Crippen molar-refractivity contribution >= 4 is 43.5 Å². The molecule has 0 aliphatic heterocycles. The maximum absolute atomic E-state index is 6.17. The molecule has 2 rings (SSSR count). The van der Waals surface area contributed by atoms with Gasteiger partial charge in [0.15, 0.2) is 0 Å². The summed E-state index contributed by atoms with van der Waals surface area (Å²) in [5.74, 6) is 5.75. The second-order valence-electron chi connectivity index (χ2n) is 4.37. The highest BCUT2D eigenvalue weighted by molar-refractivity contribution is 9.10. The fourth-order valence-electron chi connectivity index (χ4n) is 2.07. The molecule has 0 radical (unpaired) electrons. The number of rotatable bonds is 5. The minimum absolute atomic E-state index is 0.177. The van der Waals surface area contributed by atoms with Crippen LogP contribution in [0.3, 0.4) is 0 Å². The number of nitrogens with one attached hydrogen (secondary N) is 1. The first-order valence-corrected chi connectivity index (χ1v) is 8.17. The zero-order valence-corrected chi connectivity index (χ0v) is 14.8. The van der Waals surface area contributed by atoms with E-state index < -0.39 is 0 Å². The van der Waals surface area contributed by atoms with E-state index in [2.05, 4.69) is 49.3 Å². The molecule has 0 aliphatic carbocycles. The first-order valence-electron chi connectivity index (χ1n) is 6.20. The third kappa shape index (κ3) is 3.26. The molecule has 0 fully saturated rings. The average Bonchev–Trinajstić information content (AvgIpc) is 2.77. The Kier molecular flexibility index (Phi) is 5.63. The number of hydrogen-bond acceptors (Lipinski definition) is 3. The molecule has 7 heteroatoms. The Hall–Kier alpha value is -0.400. The quantitative estimate of drug-likeness (QED) is 0.565. The molecular weight excluding hydrogens is 407 g/mol. The number of aryl methyl sites for hydroxylation is 1. The molecule has 1 atom stereocenters. The first-order chi connectivity index (χ1) is 9.58. The van der Waals surface area contributed by atoms with Gasteiger partial charge in [-0.2, -0.15) is 5.10 Å². The van der Waals surface area contributed by atoms with E-state index in [0.717, 1.165) is 33.2 Å². The van der Waals surface area contributed by atoms with E-state index in [4.69, 9.17) is 17.4 Å². The number of aromatic nitrogens is 2. The Bertz CT molecular complexity index is 600. The molecule has 0 aliphatic rings. The van der Waals surface area contributed by atoms with Gasteiger partial charge in [0.2, 0.25) is 0 Å². The van der Waals surface area contributed by atoms with Crippen LogP contribution >= 0.6 is 43.5 Å². The number of hydrazine groups is 1. The van der Waals surface area contributed by atoms with Crippen molar-refractivity contribution in [1.29, 1.82) is 0 Å². The Morgan fingerprint density at radius 1 is 1.40 bits per heavy atom. The Labute approximate surface area is 139 Å². The van der Waals surface area contributed by atoms with Crippen LogP contribution < -0.4 is 11.3 Å². The molecule has 108 valence electrons. The normalized spacial score (nSPS) is 12.7. The fourth-order valence-corrected chi connectivity index (χ4v) is 3.03. The molecule has 0 spiro atoms. The van der Waals surface area contributed by atoms with Crippen molar-refractivity contribution < 1.29 is 0 Å². The molecule has 0 saturated carbocycles. The van der Waals surface area contributed by atoms with Crippen molar-refractivity contribution in [2.75, 3.05) is 0 Å². The van der Waals surface area contributed by atoms with E-state index in [1.165, 1.54) is 0 Å². The van der Waals surface area contributed by atoms with Gasteiger partial charge < -0.3 is 0 Å². The van der Waals surface area contributed by atoms with E-state index in [-0.39, 0.29) is 6.04 Å². The largest absolute Gasteiger partial charge is 0.271 e. The lowest BCUT2D eigenvalue weighted by Gasteiger charge is -2.19. The Morgan fingerprint density at radius 2 is 2.15 bits per heavy atom. The van der Waals surface area contributed by atoms with E-state index >= 15 is 0 Å². The average molecular weight is 423 g/mol. The van der Waals surface area contributed by atoms with Gasteiger partial charge in [0, 0.05) is 11.0 Å². The minimum Gasteiger partial charge on any atom is -0.271 e. The third-order valence-corrected chi connectivity index (χ3v) is 4.83. The Balaban J connectivity index is 2.46. The van der Waals surface area contributed by atoms with Crippen molar-refractivity contribution in [3.8, 4) is 0 Å². The third-order valence-electron chi connectivity index (χ3n) is 2.99. The van der Waals surface area contributed by atoms with Crippen LogP contribution in [0.1, 0.15) is 30.6 Å². The molecule has 0 bridgehead atoms. The topological polar surface area (TPSA) is 55.9 Å². The zero-order chi connectivity index (χ0) is 14.7. The summed E-state index contributed by atoms with van der Waals surface area (Å²) in [6.45, 7) is 2.95. The lowest BCUT2D eigenvalue weighted by atomic mass is 10.0.